The molecule has 0 saturated carbocycles. The van der Waals surface area contributed by atoms with Gasteiger partial charge in [-0.1, -0.05) is 48.5 Å². The predicted octanol–water partition coefficient (Wildman–Crippen LogP) is 3.69. The molecular formula is C24H25N3O2. The summed E-state index contributed by atoms with van der Waals surface area (Å²) in [5.41, 5.74) is 3.31. The summed E-state index contributed by atoms with van der Waals surface area (Å²) in [5, 5.41) is 3.37. The Labute approximate surface area is 171 Å². The number of pyridine rings is 1. The van der Waals surface area contributed by atoms with Gasteiger partial charge in [-0.05, 0) is 41.8 Å². The number of benzene rings is 2. The summed E-state index contributed by atoms with van der Waals surface area (Å²) in [6, 6.07) is 22.0. The Morgan fingerprint density at radius 2 is 1.83 bits per heavy atom. The lowest BCUT2D eigenvalue weighted by atomic mass is 10.0. The molecule has 29 heavy (non-hydrogen) atoms. The highest BCUT2D eigenvalue weighted by atomic mass is 16.5. The van der Waals surface area contributed by atoms with Crippen LogP contribution >= 0.6 is 0 Å². The maximum atomic E-state index is 13.1. The van der Waals surface area contributed by atoms with Crippen molar-refractivity contribution >= 4 is 5.91 Å². The van der Waals surface area contributed by atoms with Crippen LogP contribution in [0.3, 0.4) is 0 Å². The highest BCUT2D eigenvalue weighted by Crippen LogP contribution is 2.25. The van der Waals surface area contributed by atoms with E-state index in [2.05, 4.69) is 22.4 Å². The van der Waals surface area contributed by atoms with Crippen LogP contribution in [0.1, 0.15) is 18.5 Å². The molecule has 0 bridgehead atoms. The molecule has 1 aromatic heterocycles. The number of carbonyl (C=O) groups is 1. The van der Waals surface area contributed by atoms with Crippen LogP contribution in [0.15, 0.2) is 79.1 Å². The Bertz CT molecular complexity index is 929. The van der Waals surface area contributed by atoms with Gasteiger partial charge in [-0.25, -0.2) is 0 Å². The minimum absolute atomic E-state index is 0.00695. The Hall–Kier alpha value is -3.18. The number of piperazine rings is 1. The molecule has 1 aliphatic heterocycles. The maximum absolute atomic E-state index is 13.1. The number of ether oxygens (including phenoxy) is 1. The number of hydrogen-bond donors (Lipinski definition) is 1. The van der Waals surface area contributed by atoms with Crippen molar-refractivity contribution in [3.63, 3.8) is 0 Å². The zero-order chi connectivity index (χ0) is 20.1. The van der Waals surface area contributed by atoms with Crippen LogP contribution in [-0.2, 0) is 4.79 Å². The van der Waals surface area contributed by atoms with Gasteiger partial charge in [0.05, 0.1) is 6.04 Å². The van der Waals surface area contributed by atoms with Gasteiger partial charge in [-0.3, -0.25) is 9.78 Å². The quantitative estimate of drug-likeness (QED) is 0.726. The van der Waals surface area contributed by atoms with Gasteiger partial charge in [-0.2, -0.15) is 0 Å². The van der Waals surface area contributed by atoms with E-state index in [0.29, 0.717) is 12.3 Å². The summed E-state index contributed by atoms with van der Waals surface area (Å²) < 4.78 is 5.98. The highest BCUT2D eigenvalue weighted by Gasteiger charge is 2.31. The second kappa shape index (κ2) is 8.88. The Balaban J connectivity index is 1.44. The fourth-order valence-electron chi connectivity index (χ4n) is 3.68. The average Bonchev–Trinajstić information content (AvgIpc) is 2.80. The molecule has 1 aliphatic rings. The van der Waals surface area contributed by atoms with Crippen molar-refractivity contribution in [2.75, 3.05) is 19.6 Å². The van der Waals surface area contributed by atoms with E-state index in [1.807, 2.05) is 72.6 Å². The first-order valence-corrected chi connectivity index (χ1v) is 9.95. The van der Waals surface area contributed by atoms with E-state index in [-0.39, 0.29) is 11.9 Å². The fourth-order valence-corrected chi connectivity index (χ4v) is 3.68. The summed E-state index contributed by atoms with van der Waals surface area (Å²) >= 11 is 0. The Morgan fingerprint density at radius 3 is 2.55 bits per heavy atom. The second-order valence-corrected chi connectivity index (χ2v) is 7.19. The minimum Gasteiger partial charge on any atom is -0.481 e. The molecule has 0 aliphatic carbocycles. The lowest BCUT2D eigenvalue weighted by Crippen LogP contribution is -2.52. The first-order valence-electron chi connectivity index (χ1n) is 9.95. The van der Waals surface area contributed by atoms with Crippen molar-refractivity contribution in [3.8, 4) is 16.9 Å². The third kappa shape index (κ3) is 4.46. The lowest BCUT2D eigenvalue weighted by Gasteiger charge is -2.37. The molecule has 2 heterocycles. The van der Waals surface area contributed by atoms with E-state index in [4.69, 9.17) is 4.74 Å². The van der Waals surface area contributed by atoms with Gasteiger partial charge >= 0.3 is 0 Å². The van der Waals surface area contributed by atoms with Crippen LogP contribution in [0.2, 0.25) is 0 Å². The van der Waals surface area contributed by atoms with Gasteiger partial charge in [-0.15, -0.1) is 0 Å². The molecule has 1 amide bonds. The molecule has 148 valence electrons. The minimum atomic E-state index is -0.560. The number of aromatic nitrogens is 1. The van der Waals surface area contributed by atoms with Gasteiger partial charge in [0.1, 0.15) is 5.75 Å². The molecule has 1 N–H and O–H groups in total. The largest absolute Gasteiger partial charge is 0.481 e. The summed E-state index contributed by atoms with van der Waals surface area (Å²) in [6.07, 6.45) is 3.01. The molecule has 4 rings (SSSR count). The molecule has 2 aromatic carbocycles. The summed E-state index contributed by atoms with van der Waals surface area (Å²) in [4.78, 5) is 19.2. The van der Waals surface area contributed by atoms with Crippen LogP contribution in [-0.4, -0.2) is 41.5 Å². The smallest absolute Gasteiger partial charge is 0.263 e. The van der Waals surface area contributed by atoms with Crippen molar-refractivity contribution in [2.45, 2.75) is 19.1 Å². The van der Waals surface area contributed by atoms with Gasteiger partial charge in [0.2, 0.25) is 0 Å². The molecule has 2 unspecified atom stereocenters. The van der Waals surface area contributed by atoms with E-state index < -0.39 is 6.10 Å². The predicted molar refractivity (Wildman–Crippen MR) is 114 cm³/mol. The summed E-state index contributed by atoms with van der Waals surface area (Å²) in [5.74, 6) is 0.686. The summed E-state index contributed by atoms with van der Waals surface area (Å²) in [6.45, 7) is 3.96. The Kier molecular flexibility index (Phi) is 5.86. The van der Waals surface area contributed by atoms with Gasteiger partial charge in [0, 0.05) is 32.0 Å². The van der Waals surface area contributed by atoms with Gasteiger partial charge < -0.3 is 15.0 Å². The lowest BCUT2D eigenvalue weighted by molar-refractivity contribution is -0.141. The van der Waals surface area contributed by atoms with Crippen LogP contribution < -0.4 is 10.1 Å². The molecule has 0 radical (unpaired) electrons. The molecule has 1 saturated heterocycles. The zero-order valence-electron chi connectivity index (χ0n) is 16.5. The molecule has 5 heteroatoms. The van der Waals surface area contributed by atoms with Crippen LogP contribution in [0.25, 0.3) is 11.1 Å². The number of amides is 1. The SMILES string of the molecule is CC(Oc1ccc(-c2ccccc2)cc1)C(=O)N1CCNCC1c1cccnc1. The molecule has 1 fully saturated rings. The average molecular weight is 387 g/mol. The number of nitrogens with zero attached hydrogens (tertiary/aromatic N) is 2. The van der Waals surface area contributed by atoms with E-state index in [0.717, 1.165) is 29.8 Å². The topological polar surface area (TPSA) is 54.5 Å². The van der Waals surface area contributed by atoms with Crippen LogP contribution in [0, 0.1) is 0 Å². The van der Waals surface area contributed by atoms with Crippen molar-refractivity contribution in [1.82, 2.24) is 15.2 Å². The normalized spacial score (nSPS) is 17.6. The monoisotopic (exact) mass is 387 g/mol. The second-order valence-electron chi connectivity index (χ2n) is 7.19. The van der Waals surface area contributed by atoms with E-state index in [1.165, 1.54) is 0 Å². The molecular weight excluding hydrogens is 362 g/mol. The van der Waals surface area contributed by atoms with Crippen molar-refractivity contribution < 1.29 is 9.53 Å². The van der Waals surface area contributed by atoms with Crippen molar-refractivity contribution in [2.24, 2.45) is 0 Å². The molecule has 2 atom stereocenters. The Morgan fingerprint density at radius 1 is 1.07 bits per heavy atom. The van der Waals surface area contributed by atoms with Gasteiger partial charge in [0.25, 0.3) is 5.91 Å². The fraction of sp³-hybridized carbons (Fsp3) is 0.250. The third-order valence-electron chi connectivity index (χ3n) is 5.22. The number of rotatable bonds is 5. The molecule has 3 aromatic rings. The standard InChI is InChI=1S/C24H25N3O2/c1-18(29-22-11-9-20(10-12-22)19-6-3-2-4-7-19)24(28)27-15-14-26-17-23(27)21-8-5-13-25-16-21/h2-13,16,18,23,26H,14-15,17H2,1H3. The van der Waals surface area contributed by atoms with Crippen LogP contribution in [0.4, 0.5) is 0 Å². The number of nitrogens with one attached hydrogen (secondary N) is 1. The first kappa shape index (κ1) is 19.2. The van der Waals surface area contributed by atoms with Crippen molar-refractivity contribution in [3.05, 3.63) is 84.7 Å². The zero-order valence-corrected chi connectivity index (χ0v) is 16.5. The third-order valence-corrected chi connectivity index (χ3v) is 5.22. The summed E-state index contributed by atoms with van der Waals surface area (Å²) in [7, 11) is 0. The number of carbonyl (C=O) groups excluding carboxylic acids is 1. The number of hydrogen-bond acceptors (Lipinski definition) is 4. The van der Waals surface area contributed by atoms with Gasteiger partial charge in [0.15, 0.2) is 6.10 Å². The van der Waals surface area contributed by atoms with Crippen molar-refractivity contribution in [1.29, 1.82) is 0 Å². The van der Waals surface area contributed by atoms with E-state index >= 15 is 0 Å². The van der Waals surface area contributed by atoms with E-state index in [1.54, 1.807) is 6.20 Å². The molecule has 5 nitrogen and oxygen atoms in total. The highest BCUT2D eigenvalue weighted by molar-refractivity contribution is 5.81. The maximum Gasteiger partial charge on any atom is 0.263 e. The first-order chi connectivity index (χ1) is 14.2. The molecule has 0 spiro atoms. The van der Waals surface area contributed by atoms with E-state index in [9.17, 15) is 4.79 Å². The van der Waals surface area contributed by atoms with Crippen LogP contribution in [0.5, 0.6) is 5.75 Å².